The molecule has 0 saturated carbocycles. The quantitative estimate of drug-likeness (QED) is 0.426. The summed E-state index contributed by atoms with van der Waals surface area (Å²) in [6.45, 7) is 4.65. The highest BCUT2D eigenvalue weighted by atomic mass is 16.7. The minimum atomic E-state index is -0.857. The standard InChI is InChI=1S/C11H20O3/c1-10(2)6-4-5-7-11(10,12)8-14-9-13-3/h5,7,12H,4,6,8-9H2,1-3H3. The van der Waals surface area contributed by atoms with Crippen molar-refractivity contribution in [2.24, 2.45) is 5.41 Å². The van der Waals surface area contributed by atoms with Gasteiger partial charge in [0.25, 0.3) is 0 Å². The minimum Gasteiger partial charge on any atom is -0.383 e. The van der Waals surface area contributed by atoms with Crippen LogP contribution in [0.2, 0.25) is 0 Å². The first-order valence-electron chi connectivity index (χ1n) is 4.99. The van der Waals surface area contributed by atoms with Crippen molar-refractivity contribution in [3.05, 3.63) is 12.2 Å². The lowest BCUT2D eigenvalue weighted by atomic mass is 9.69. The second-order valence-electron chi connectivity index (χ2n) is 4.50. The highest BCUT2D eigenvalue weighted by molar-refractivity contribution is 5.12. The molecule has 0 bridgehead atoms. The molecule has 1 aliphatic rings. The molecule has 0 aromatic carbocycles. The molecule has 0 aliphatic heterocycles. The Balaban J connectivity index is 2.59. The smallest absolute Gasteiger partial charge is 0.146 e. The van der Waals surface area contributed by atoms with Crippen LogP contribution < -0.4 is 0 Å². The van der Waals surface area contributed by atoms with Crippen molar-refractivity contribution in [1.82, 2.24) is 0 Å². The SMILES string of the molecule is COCOCC1(O)C=CCCC1(C)C. The summed E-state index contributed by atoms with van der Waals surface area (Å²) in [7, 11) is 1.58. The van der Waals surface area contributed by atoms with Crippen LogP contribution in [-0.2, 0) is 9.47 Å². The van der Waals surface area contributed by atoms with E-state index >= 15 is 0 Å². The molecule has 0 saturated heterocycles. The predicted octanol–water partition coefficient (Wildman–Crippen LogP) is 1.71. The molecule has 1 rings (SSSR count). The van der Waals surface area contributed by atoms with Crippen molar-refractivity contribution in [3.8, 4) is 0 Å². The summed E-state index contributed by atoms with van der Waals surface area (Å²) in [6.07, 6.45) is 5.88. The topological polar surface area (TPSA) is 38.7 Å². The normalized spacial score (nSPS) is 30.6. The van der Waals surface area contributed by atoms with Crippen molar-refractivity contribution in [2.45, 2.75) is 32.3 Å². The molecule has 1 aliphatic carbocycles. The molecule has 82 valence electrons. The monoisotopic (exact) mass is 200 g/mol. The number of allylic oxidation sites excluding steroid dienone is 1. The maximum Gasteiger partial charge on any atom is 0.146 e. The van der Waals surface area contributed by atoms with Gasteiger partial charge in [-0.3, -0.25) is 0 Å². The van der Waals surface area contributed by atoms with E-state index in [1.807, 2.05) is 12.2 Å². The first kappa shape index (κ1) is 11.7. The predicted molar refractivity (Wildman–Crippen MR) is 54.9 cm³/mol. The first-order chi connectivity index (χ1) is 6.52. The molecule has 14 heavy (non-hydrogen) atoms. The molecule has 1 unspecified atom stereocenters. The molecule has 1 N–H and O–H groups in total. The second kappa shape index (κ2) is 4.43. The zero-order valence-corrected chi connectivity index (χ0v) is 9.25. The molecule has 1 atom stereocenters. The van der Waals surface area contributed by atoms with Crippen LogP contribution in [0.25, 0.3) is 0 Å². The fraction of sp³-hybridized carbons (Fsp3) is 0.818. The zero-order chi connectivity index (χ0) is 10.7. The average molecular weight is 200 g/mol. The summed E-state index contributed by atoms with van der Waals surface area (Å²) in [5, 5.41) is 10.4. The molecule has 0 heterocycles. The number of methoxy groups -OCH3 is 1. The van der Waals surface area contributed by atoms with Crippen molar-refractivity contribution >= 4 is 0 Å². The van der Waals surface area contributed by atoms with Crippen LogP contribution in [0.3, 0.4) is 0 Å². The number of rotatable bonds is 4. The van der Waals surface area contributed by atoms with Crippen molar-refractivity contribution < 1.29 is 14.6 Å². The molecule has 0 spiro atoms. The Morgan fingerprint density at radius 1 is 1.43 bits per heavy atom. The molecule has 0 aromatic rings. The van der Waals surface area contributed by atoms with Gasteiger partial charge in [0.1, 0.15) is 12.4 Å². The molecular weight excluding hydrogens is 180 g/mol. The van der Waals surface area contributed by atoms with Gasteiger partial charge in [0.2, 0.25) is 0 Å². The fourth-order valence-corrected chi connectivity index (χ4v) is 1.69. The van der Waals surface area contributed by atoms with Gasteiger partial charge in [0, 0.05) is 7.11 Å². The Morgan fingerprint density at radius 3 is 2.71 bits per heavy atom. The fourth-order valence-electron chi connectivity index (χ4n) is 1.69. The Labute approximate surface area is 85.7 Å². The number of hydrogen-bond acceptors (Lipinski definition) is 3. The molecule has 3 nitrogen and oxygen atoms in total. The van der Waals surface area contributed by atoms with Gasteiger partial charge in [-0.1, -0.05) is 26.0 Å². The van der Waals surface area contributed by atoms with E-state index in [-0.39, 0.29) is 12.2 Å². The van der Waals surface area contributed by atoms with Gasteiger partial charge in [-0.25, -0.2) is 0 Å². The average Bonchev–Trinajstić information content (AvgIpc) is 2.11. The third kappa shape index (κ3) is 2.35. The third-order valence-electron chi connectivity index (χ3n) is 3.02. The maximum atomic E-state index is 10.4. The number of aliphatic hydroxyl groups is 1. The van der Waals surface area contributed by atoms with E-state index in [0.717, 1.165) is 12.8 Å². The van der Waals surface area contributed by atoms with E-state index < -0.39 is 5.60 Å². The van der Waals surface area contributed by atoms with Gasteiger partial charge >= 0.3 is 0 Å². The van der Waals surface area contributed by atoms with E-state index in [0.29, 0.717) is 6.61 Å². The lowest BCUT2D eigenvalue weighted by Crippen LogP contribution is -2.48. The van der Waals surface area contributed by atoms with E-state index in [4.69, 9.17) is 9.47 Å². The van der Waals surface area contributed by atoms with Crippen LogP contribution in [0.4, 0.5) is 0 Å². The van der Waals surface area contributed by atoms with Crippen LogP contribution >= 0.6 is 0 Å². The Hall–Kier alpha value is -0.380. The van der Waals surface area contributed by atoms with E-state index in [9.17, 15) is 5.11 Å². The zero-order valence-electron chi connectivity index (χ0n) is 9.25. The summed E-state index contributed by atoms with van der Waals surface area (Å²) >= 11 is 0. The Morgan fingerprint density at radius 2 is 2.14 bits per heavy atom. The van der Waals surface area contributed by atoms with Crippen LogP contribution in [0.1, 0.15) is 26.7 Å². The van der Waals surface area contributed by atoms with Crippen LogP contribution in [0.15, 0.2) is 12.2 Å². The van der Waals surface area contributed by atoms with E-state index in [2.05, 4.69) is 13.8 Å². The summed E-state index contributed by atoms with van der Waals surface area (Å²) in [5.41, 5.74) is -0.987. The Kier molecular flexibility index (Phi) is 3.70. The molecular formula is C11H20O3. The second-order valence-corrected chi connectivity index (χ2v) is 4.50. The van der Waals surface area contributed by atoms with Gasteiger partial charge in [-0.15, -0.1) is 0 Å². The molecule has 3 heteroatoms. The highest BCUT2D eigenvalue weighted by Crippen LogP contribution is 2.40. The lowest BCUT2D eigenvalue weighted by Gasteiger charge is -2.42. The summed E-state index contributed by atoms with van der Waals surface area (Å²) in [6, 6.07) is 0. The summed E-state index contributed by atoms with van der Waals surface area (Å²) < 4.78 is 10.0. The molecule has 0 radical (unpaired) electrons. The van der Waals surface area contributed by atoms with Gasteiger partial charge in [0.05, 0.1) is 6.61 Å². The molecule has 0 aromatic heterocycles. The summed E-state index contributed by atoms with van der Waals surface area (Å²) in [4.78, 5) is 0. The highest BCUT2D eigenvalue weighted by Gasteiger charge is 2.42. The number of ether oxygens (including phenoxy) is 2. The van der Waals surface area contributed by atoms with E-state index in [1.165, 1.54) is 0 Å². The largest absolute Gasteiger partial charge is 0.383 e. The number of hydrogen-bond donors (Lipinski definition) is 1. The van der Waals surface area contributed by atoms with Gasteiger partial charge in [0.15, 0.2) is 0 Å². The maximum absolute atomic E-state index is 10.4. The lowest BCUT2D eigenvalue weighted by molar-refractivity contribution is -0.128. The van der Waals surface area contributed by atoms with Gasteiger partial charge in [-0.05, 0) is 18.3 Å². The third-order valence-corrected chi connectivity index (χ3v) is 3.02. The van der Waals surface area contributed by atoms with Gasteiger partial charge < -0.3 is 14.6 Å². The van der Waals surface area contributed by atoms with Crippen molar-refractivity contribution in [3.63, 3.8) is 0 Å². The summed E-state index contributed by atoms with van der Waals surface area (Å²) in [5.74, 6) is 0. The molecule has 0 fully saturated rings. The van der Waals surface area contributed by atoms with E-state index in [1.54, 1.807) is 7.11 Å². The molecule has 0 amide bonds. The van der Waals surface area contributed by atoms with Crippen molar-refractivity contribution in [1.29, 1.82) is 0 Å². The first-order valence-corrected chi connectivity index (χ1v) is 4.99. The van der Waals surface area contributed by atoms with Crippen LogP contribution in [0.5, 0.6) is 0 Å². The van der Waals surface area contributed by atoms with Crippen molar-refractivity contribution in [2.75, 3.05) is 20.5 Å². The van der Waals surface area contributed by atoms with Crippen LogP contribution in [-0.4, -0.2) is 31.2 Å². The van der Waals surface area contributed by atoms with Gasteiger partial charge in [-0.2, -0.15) is 0 Å². The Bertz CT molecular complexity index is 211. The minimum absolute atomic E-state index is 0.129. The van der Waals surface area contributed by atoms with Crippen LogP contribution in [0, 0.1) is 5.41 Å².